The molecule has 1 aliphatic rings. The van der Waals surface area contributed by atoms with Crippen molar-refractivity contribution in [3.8, 4) is 6.07 Å². The Hall–Kier alpha value is -3.08. The summed E-state index contributed by atoms with van der Waals surface area (Å²) in [5, 5.41) is 10.8. The number of nitriles is 1. The predicted molar refractivity (Wildman–Crippen MR) is 122 cm³/mol. The van der Waals surface area contributed by atoms with Crippen LogP contribution in [0.4, 0.5) is 39.5 Å². The summed E-state index contributed by atoms with van der Waals surface area (Å²) in [4.78, 5) is 17.2. The molecule has 1 N–H and O–H groups in total. The van der Waals surface area contributed by atoms with Gasteiger partial charge < -0.3 is 5.32 Å². The minimum absolute atomic E-state index is 0.0251. The average Bonchev–Trinajstić information content (AvgIpc) is 2.82. The van der Waals surface area contributed by atoms with Crippen LogP contribution in [-0.2, 0) is 0 Å². The molecule has 3 atom stereocenters. The summed E-state index contributed by atoms with van der Waals surface area (Å²) in [7, 11) is 0. The molecule has 0 bridgehead atoms. The van der Waals surface area contributed by atoms with E-state index in [1.54, 1.807) is 11.4 Å². The fraction of sp³-hybridized carbons (Fsp3) is 0.375. The molecule has 1 aliphatic carbocycles. The highest BCUT2D eigenvalue weighted by molar-refractivity contribution is 9.10. The summed E-state index contributed by atoms with van der Waals surface area (Å²) >= 11 is 3.14. The Labute approximate surface area is 218 Å². The number of nitrogens with one attached hydrogen (secondary N) is 1. The molecular weight excluding hydrogens is 597 g/mol. The number of carbonyl (C=O) groups is 1. The molecule has 1 aromatic heterocycles. The third-order valence-corrected chi connectivity index (χ3v) is 7.13. The van der Waals surface area contributed by atoms with Gasteiger partial charge >= 0.3 is 23.9 Å². The van der Waals surface area contributed by atoms with E-state index in [2.05, 4.69) is 20.9 Å². The molecule has 38 heavy (non-hydrogen) atoms. The van der Waals surface area contributed by atoms with Gasteiger partial charge in [-0.1, -0.05) is 25.2 Å². The lowest BCUT2D eigenvalue weighted by atomic mass is 9.61. The van der Waals surface area contributed by atoms with Gasteiger partial charge in [-0.2, -0.15) is 40.4 Å². The molecule has 3 rings (SSSR count). The van der Waals surface area contributed by atoms with Gasteiger partial charge in [-0.15, -0.1) is 0 Å². The zero-order valence-electron chi connectivity index (χ0n) is 19.4. The Morgan fingerprint density at radius 3 is 2.26 bits per heavy atom. The number of fused-ring (bicyclic) bond motifs is 1. The maximum Gasteiger partial charge on any atom is 0.457 e. The largest absolute Gasteiger partial charge is 0.457 e. The van der Waals surface area contributed by atoms with E-state index in [1.807, 2.05) is 0 Å². The number of benzene rings is 1. The fourth-order valence-electron chi connectivity index (χ4n) is 4.63. The van der Waals surface area contributed by atoms with Crippen molar-refractivity contribution < 1.29 is 44.3 Å². The topological polar surface area (TPSA) is 65.8 Å². The number of allylic oxidation sites excluding steroid dienone is 2. The van der Waals surface area contributed by atoms with Crippen molar-refractivity contribution >= 4 is 32.7 Å². The first-order valence-electron chi connectivity index (χ1n) is 10.8. The first-order chi connectivity index (χ1) is 17.4. The molecule has 0 spiro atoms. The first-order valence-corrected chi connectivity index (χ1v) is 11.6. The van der Waals surface area contributed by atoms with Crippen molar-refractivity contribution in [1.29, 1.82) is 5.26 Å². The van der Waals surface area contributed by atoms with Gasteiger partial charge in [0.2, 0.25) is 0 Å². The summed E-state index contributed by atoms with van der Waals surface area (Å²) < 4.78 is 129. The van der Waals surface area contributed by atoms with Crippen LogP contribution < -0.4 is 5.32 Å². The van der Waals surface area contributed by atoms with Crippen LogP contribution in [0.15, 0.2) is 52.5 Å². The lowest BCUT2D eigenvalue weighted by Gasteiger charge is -2.53. The van der Waals surface area contributed by atoms with Crippen LogP contribution in [-0.4, -0.2) is 40.4 Å². The van der Waals surface area contributed by atoms with Crippen LogP contribution in [0.25, 0.3) is 10.9 Å². The van der Waals surface area contributed by atoms with E-state index in [4.69, 9.17) is 5.26 Å². The van der Waals surface area contributed by atoms with Crippen LogP contribution in [0.1, 0.15) is 36.3 Å². The normalized spacial score (nSPS) is 22.0. The van der Waals surface area contributed by atoms with Crippen LogP contribution in [0.2, 0.25) is 0 Å². The maximum absolute atomic E-state index is 16.1. The van der Waals surface area contributed by atoms with Crippen molar-refractivity contribution in [3.05, 3.63) is 63.8 Å². The second-order valence-electron chi connectivity index (χ2n) is 8.57. The van der Waals surface area contributed by atoms with E-state index in [1.165, 1.54) is 12.1 Å². The van der Waals surface area contributed by atoms with Gasteiger partial charge in [-0.25, -0.2) is 9.37 Å². The second-order valence-corrected chi connectivity index (χ2v) is 9.43. The monoisotopic (exact) mass is 613 g/mol. The molecule has 3 unspecified atom stereocenters. The molecule has 4 nitrogen and oxygen atoms in total. The zero-order valence-corrected chi connectivity index (χ0v) is 21.0. The Bertz CT molecular complexity index is 1380. The number of pyridine rings is 1. The molecule has 0 fully saturated rings. The molecule has 0 saturated carbocycles. The Balaban J connectivity index is 2.30. The maximum atomic E-state index is 16.1. The number of nitrogens with zero attached hydrogens (tertiary/aromatic N) is 2. The number of rotatable bonds is 5. The Kier molecular flexibility index (Phi) is 7.44. The Morgan fingerprint density at radius 2 is 1.74 bits per heavy atom. The first kappa shape index (κ1) is 29.5. The average molecular weight is 614 g/mol. The van der Waals surface area contributed by atoms with E-state index in [0.29, 0.717) is 0 Å². The molecule has 204 valence electrons. The third-order valence-electron chi connectivity index (χ3n) is 6.48. The Morgan fingerprint density at radius 1 is 1.11 bits per heavy atom. The number of carbonyl (C=O) groups excluding carboxylic acids is 1. The molecule has 0 aliphatic heterocycles. The molecule has 1 aromatic carbocycles. The minimum Gasteiger partial charge on any atom is -0.338 e. The quantitative estimate of drug-likeness (QED) is 0.359. The predicted octanol–water partition coefficient (Wildman–Crippen LogP) is 7.35. The van der Waals surface area contributed by atoms with Crippen molar-refractivity contribution in [2.45, 2.75) is 49.8 Å². The smallest absolute Gasteiger partial charge is 0.338 e. The molecule has 0 radical (unpaired) electrons. The SMILES string of the molecule is CCC1C=CC=C(C)C1(NC(=O)c1ccc2nc(C#N)cc(Br)c2c1)C(F)(C(F)(F)F)C(F)(F)C(F)(F)F. The molecule has 0 saturated heterocycles. The molecule has 14 heteroatoms. The van der Waals surface area contributed by atoms with Gasteiger partial charge in [0.1, 0.15) is 17.3 Å². The number of hydrogen-bond donors (Lipinski definition) is 1. The number of hydrogen-bond acceptors (Lipinski definition) is 3. The van der Waals surface area contributed by atoms with Gasteiger partial charge in [0.05, 0.1) is 5.52 Å². The number of halogens is 10. The number of alkyl halides is 9. The highest BCUT2D eigenvalue weighted by atomic mass is 79.9. The van der Waals surface area contributed by atoms with Gasteiger partial charge in [-0.05, 0) is 59.1 Å². The van der Waals surface area contributed by atoms with Gasteiger partial charge in [0, 0.05) is 21.3 Å². The highest BCUT2D eigenvalue weighted by Gasteiger charge is 2.88. The van der Waals surface area contributed by atoms with E-state index >= 15 is 4.39 Å². The van der Waals surface area contributed by atoms with Gasteiger partial charge in [0.25, 0.3) is 5.91 Å². The molecule has 1 heterocycles. The van der Waals surface area contributed by atoms with Crippen molar-refractivity contribution in [1.82, 2.24) is 10.3 Å². The fourth-order valence-corrected chi connectivity index (χ4v) is 5.16. The molecule has 2 aromatic rings. The van der Waals surface area contributed by atoms with E-state index in [-0.39, 0.29) is 21.1 Å². The number of amides is 1. The van der Waals surface area contributed by atoms with Crippen LogP contribution in [0, 0.1) is 17.2 Å². The van der Waals surface area contributed by atoms with Crippen molar-refractivity contribution in [2.24, 2.45) is 5.92 Å². The highest BCUT2D eigenvalue weighted by Crippen LogP contribution is 2.61. The molecule has 1 amide bonds. The van der Waals surface area contributed by atoms with Crippen molar-refractivity contribution in [3.63, 3.8) is 0 Å². The zero-order chi connectivity index (χ0) is 28.9. The van der Waals surface area contributed by atoms with Crippen molar-refractivity contribution in [2.75, 3.05) is 0 Å². The van der Waals surface area contributed by atoms with Gasteiger partial charge in [-0.3, -0.25) is 4.79 Å². The summed E-state index contributed by atoms with van der Waals surface area (Å²) in [5.74, 6) is -10.5. The lowest BCUT2D eigenvalue weighted by Crippen LogP contribution is -2.80. The third kappa shape index (κ3) is 4.24. The van der Waals surface area contributed by atoms with E-state index in [0.717, 1.165) is 44.2 Å². The van der Waals surface area contributed by atoms with Gasteiger partial charge in [0.15, 0.2) is 0 Å². The van der Waals surface area contributed by atoms with E-state index < -0.39 is 58.9 Å². The standard InChI is InChI=1S/C24H17BrF9N3O/c1-3-14-6-4-5-12(2)20(14,21(26,23(29,30)31)22(27,28)24(32,33)34)37-19(38)13-7-8-18-16(9-13)17(25)10-15(11-35)36-18/h4-10,14H,3H2,1-2H3,(H,37,38). The summed E-state index contributed by atoms with van der Waals surface area (Å²) in [6, 6.07) is 6.29. The van der Waals surface area contributed by atoms with Crippen LogP contribution in [0.5, 0.6) is 0 Å². The summed E-state index contributed by atoms with van der Waals surface area (Å²) in [5.41, 5.74) is -11.5. The minimum atomic E-state index is -6.97. The number of aromatic nitrogens is 1. The lowest BCUT2D eigenvalue weighted by molar-refractivity contribution is -0.398. The molecular formula is C24H17BrF9N3O. The van der Waals surface area contributed by atoms with E-state index in [9.17, 15) is 39.9 Å². The van der Waals surface area contributed by atoms with Crippen LogP contribution >= 0.6 is 15.9 Å². The van der Waals surface area contributed by atoms with Crippen LogP contribution in [0.3, 0.4) is 0 Å². The summed E-state index contributed by atoms with van der Waals surface area (Å²) in [6.45, 7) is 1.89. The second kappa shape index (κ2) is 9.59. The summed E-state index contributed by atoms with van der Waals surface area (Å²) in [6.07, 6.45) is -11.6.